The molecule has 1 fully saturated rings. The van der Waals surface area contributed by atoms with E-state index in [1.165, 1.54) is 6.07 Å². The number of hydrogen-bond acceptors (Lipinski definition) is 3. The van der Waals surface area contributed by atoms with E-state index in [0.29, 0.717) is 5.75 Å². The van der Waals surface area contributed by atoms with Gasteiger partial charge < -0.3 is 14.6 Å². The Hall–Kier alpha value is -2.02. The van der Waals surface area contributed by atoms with E-state index in [9.17, 15) is 8.60 Å². The van der Waals surface area contributed by atoms with Crippen LogP contribution >= 0.6 is 0 Å². The van der Waals surface area contributed by atoms with Gasteiger partial charge in [-0.15, -0.1) is 0 Å². The van der Waals surface area contributed by atoms with E-state index in [1.807, 2.05) is 36.5 Å². The fraction of sp³-hybridized carbons (Fsp3) is 0.391. The number of hydrogen-bond donors (Lipinski definition) is 1. The molecular formula is C23H27FN2O2S. The molecule has 4 nitrogen and oxygen atoms in total. The molecule has 154 valence electrons. The van der Waals surface area contributed by atoms with Crippen molar-refractivity contribution in [2.45, 2.75) is 29.8 Å². The minimum atomic E-state index is -1.06. The minimum Gasteiger partial charge on any atom is -0.377 e. The van der Waals surface area contributed by atoms with Crippen molar-refractivity contribution in [2.24, 2.45) is 0 Å². The number of rotatable bonds is 7. The van der Waals surface area contributed by atoms with Gasteiger partial charge in [-0.3, -0.25) is 4.21 Å². The van der Waals surface area contributed by atoms with Crippen LogP contribution < -0.4 is 0 Å². The molecule has 0 radical (unpaired) electrons. The highest BCUT2D eigenvalue weighted by molar-refractivity contribution is 7.85. The Morgan fingerprint density at radius 2 is 1.93 bits per heavy atom. The molecule has 0 bridgehead atoms. The Kier molecular flexibility index (Phi) is 6.13. The molecule has 0 amide bonds. The van der Waals surface area contributed by atoms with Crippen LogP contribution in [-0.4, -0.2) is 52.2 Å². The molecule has 0 aliphatic carbocycles. The first-order chi connectivity index (χ1) is 14.1. The first kappa shape index (κ1) is 20.3. The van der Waals surface area contributed by atoms with E-state index >= 15 is 0 Å². The van der Waals surface area contributed by atoms with E-state index in [4.69, 9.17) is 4.74 Å². The summed E-state index contributed by atoms with van der Waals surface area (Å²) < 4.78 is 32.2. The highest BCUT2D eigenvalue weighted by Crippen LogP contribution is 2.29. The zero-order valence-corrected chi connectivity index (χ0v) is 17.5. The molecule has 1 aromatic heterocycles. The SMILES string of the molecule is COC1(C[S@](=O)c2ccccc2)CCN(CCc2c[nH]c3ccc(F)cc23)CC1. The maximum Gasteiger partial charge on any atom is 0.123 e. The zero-order chi connectivity index (χ0) is 20.3. The van der Waals surface area contributed by atoms with Gasteiger partial charge in [-0.2, -0.15) is 0 Å². The quantitative estimate of drug-likeness (QED) is 0.632. The third kappa shape index (κ3) is 4.60. The average molecular weight is 415 g/mol. The first-order valence-corrected chi connectivity index (χ1v) is 11.4. The van der Waals surface area contributed by atoms with Crippen LogP contribution in [0.5, 0.6) is 0 Å². The number of likely N-dealkylation sites (tertiary alicyclic amines) is 1. The normalized spacial score (nSPS) is 18.1. The summed E-state index contributed by atoms with van der Waals surface area (Å²) in [6.45, 7) is 2.75. The molecule has 3 aromatic rings. The Balaban J connectivity index is 1.34. The summed E-state index contributed by atoms with van der Waals surface area (Å²) in [5.41, 5.74) is 1.79. The maximum atomic E-state index is 13.6. The van der Waals surface area contributed by atoms with Crippen LogP contribution in [0.4, 0.5) is 4.39 Å². The third-order valence-electron chi connectivity index (χ3n) is 6.03. The van der Waals surface area contributed by atoms with Gasteiger partial charge in [-0.25, -0.2) is 4.39 Å². The van der Waals surface area contributed by atoms with Gasteiger partial charge in [0.25, 0.3) is 0 Å². The summed E-state index contributed by atoms with van der Waals surface area (Å²) >= 11 is 0. The van der Waals surface area contributed by atoms with Crippen molar-refractivity contribution in [1.29, 1.82) is 0 Å². The lowest BCUT2D eigenvalue weighted by molar-refractivity contribution is -0.0391. The van der Waals surface area contributed by atoms with Gasteiger partial charge in [0.05, 0.1) is 22.2 Å². The van der Waals surface area contributed by atoms with Gasteiger partial charge in [0.2, 0.25) is 0 Å². The van der Waals surface area contributed by atoms with E-state index in [2.05, 4.69) is 9.88 Å². The van der Waals surface area contributed by atoms with Crippen molar-refractivity contribution < 1.29 is 13.3 Å². The van der Waals surface area contributed by atoms with Gasteiger partial charge in [-0.1, -0.05) is 18.2 Å². The number of nitrogens with zero attached hydrogens (tertiary/aromatic N) is 1. The largest absolute Gasteiger partial charge is 0.377 e. The van der Waals surface area contributed by atoms with E-state index in [1.54, 1.807) is 19.2 Å². The number of ether oxygens (including phenoxy) is 1. The molecule has 1 saturated heterocycles. The molecule has 4 rings (SSSR count). The predicted molar refractivity (Wildman–Crippen MR) is 115 cm³/mol. The second-order valence-electron chi connectivity index (χ2n) is 7.79. The molecule has 29 heavy (non-hydrogen) atoms. The number of H-pyrrole nitrogens is 1. The second-order valence-corrected chi connectivity index (χ2v) is 9.24. The molecule has 6 heteroatoms. The topological polar surface area (TPSA) is 45.3 Å². The predicted octanol–water partition coefficient (Wildman–Crippen LogP) is 4.14. The van der Waals surface area contributed by atoms with Crippen molar-refractivity contribution in [3.05, 3.63) is 66.1 Å². The molecular weight excluding hydrogens is 387 g/mol. The summed E-state index contributed by atoms with van der Waals surface area (Å²) in [6, 6.07) is 14.5. The lowest BCUT2D eigenvalue weighted by Crippen LogP contribution is -2.49. The number of fused-ring (bicyclic) bond motifs is 1. The van der Waals surface area contributed by atoms with Gasteiger partial charge in [-0.05, 0) is 55.2 Å². The third-order valence-corrected chi connectivity index (χ3v) is 7.61. The lowest BCUT2D eigenvalue weighted by Gasteiger charge is -2.40. The molecule has 1 N–H and O–H groups in total. The average Bonchev–Trinajstić information content (AvgIpc) is 3.16. The molecule has 1 aliphatic rings. The Labute approximate surface area is 173 Å². The molecule has 1 atom stereocenters. The number of halogens is 1. The summed E-state index contributed by atoms with van der Waals surface area (Å²) in [6.07, 6.45) is 4.59. The summed E-state index contributed by atoms with van der Waals surface area (Å²) in [5.74, 6) is 0.330. The van der Waals surface area contributed by atoms with E-state index < -0.39 is 10.8 Å². The Morgan fingerprint density at radius 3 is 2.66 bits per heavy atom. The van der Waals surface area contributed by atoms with Gasteiger partial charge >= 0.3 is 0 Å². The van der Waals surface area contributed by atoms with Crippen molar-refractivity contribution in [3.63, 3.8) is 0 Å². The van der Waals surface area contributed by atoms with E-state index in [0.717, 1.165) is 60.3 Å². The first-order valence-electron chi connectivity index (χ1n) is 10.0. The van der Waals surface area contributed by atoms with Crippen molar-refractivity contribution in [2.75, 3.05) is 32.5 Å². The number of methoxy groups -OCH3 is 1. The molecule has 2 aromatic carbocycles. The van der Waals surface area contributed by atoms with Crippen LogP contribution in [-0.2, 0) is 22.0 Å². The Bertz CT molecular complexity index is 981. The number of nitrogens with one attached hydrogen (secondary N) is 1. The van der Waals surface area contributed by atoms with Crippen LogP contribution in [0.1, 0.15) is 18.4 Å². The summed E-state index contributed by atoms with van der Waals surface area (Å²) in [7, 11) is 0.674. The van der Waals surface area contributed by atoms with Crippen molar-refractivity contribution in [1.82, 2.24) is 9.88 Å². The number of aromatic nitrogens is 1. The standard InChI is InChI=1S/C23H27FN2O2S/c1-28-23(17-29(27)20-5-3-2-4-6-20)10-13-26(14-11-23)12-9-18-16-25-22-8-7-19(24)15-21(18)22/h2-8,15-16,25H,9-14,17H2,1H3/t29-/m0/s1. The smallest absolute Gasteiger partial charge is 0.123 e. The van der Waals surface area contributed by atoms with Gasteiger partial charge in [0, 0.05) is 48.7 Å². The Morgan fingerprint density at radius 1 is 1.17 bits per heavy atom. The zero-order valence-electron chi connectivity index (χ0n) is 16.7. The maximum absolute atomic E-state index is 13.6. The second kappa shape index (κ2) is 8.78. The molecule has 0 spiro atoms. The highest BCUT2D eigenvalue weighted by Gasteiger charge is 2.36. The molecule has 0 unspecified atom stereocenters. The number of aromatic amines is 1. The van der Waals surface area contributed by atoms with Crippen LogP contribution in [0.25, 0.3) is 10.9 Å². The minimum absolute atomic E-state index is 0.201. The summed E-state index contributed by atoms with van der Waals surface area (Å²) in [4.78, 5) is 6.50. The number of piperidine rings is 1. The van der Waals surface area contributed by atoms with Crippen LogP contribution in [0.15, 0.2) is 59.6 Å². The monoisotopic (exact) mass is 414 g/mol. The van der Waals surface area contributed by atoms with Crippen molar-refractivity contribution >= 4 is 21.7 Å². The molecule has 1 aliphatic heterocycles. The lowest BCUT2D eigenvalue weighted by atomic mass is 9.93. The molecule has 2 heterocycles. The van der Waals surface area contributed by atoms with Crippen LogP contribution in [0.2, 0.25) is 0 Å². The van der Waals surface area contributed by atoms with Crippen LogP contribution in [0.3, 0.4) is 0 Å². The van der Waals surface area contributed by atoms with Gasteiger partial charge in [0.1, 0.15) is 5.82 Å². The number of benzene rings is 2. The van der Waals surface area contributed by atoms with E-state index in [-0.39, 0.29) is 11.4 Å². The fourth-order valence-electron chi connectivity index (χ4n) is 4.12. The van der Waals surface area contributed by atoms with Gasteiger partial charge in [0.15, 0.2) is 0 Å². The summed E-state index contributed by atoms with van der Waals surface area (Å²) in [5, 5.41) is 0.964. The highest BCUT2D eigenvalue weighted by atomic mass is 32.2. The molecule has 0 saturated carbocycles. The van der Waals surface area contributed by atoms with Crippen molar-refractivity contribution in [3.8, 4) is 0 Å². The van der Waals surface area contributed by atoms with Crippen LogP contribution in [0, 0.1) is 5.82 Å². The fourth-order valence-corrected chi connectivity index (χ4v) is 5.63.